The van der Waals surface area contributed by atoms with Crippen LogP contribution in [0.5, 0.6) is 11.5 Å². The number of nitrogens with zero attached hydrogens (tertiary/aromatic N) is 1. The first kappa shape index (κ1) is 21.8. The van der Waals surface area contributed by atoms with Gasteiger partial charge in [0, 0.05) is 0 Å². The highest BCUT2D eigenvalue weighted by Crippen LogP contribution is 2.30. The van der Waals surface area contributed by atoms with Gasteiger partial charge in [0.25, 0.3) is 5.91 Å². The minimum absolute atomic E-state index is 0.296. The molecule has 0 aliphatic heterocycles. The van der Waals surface area contributed by atoms with Crippen LogP contribution >= 0.6 is 0 Å². The lowest BCUT2D eigenvalue weighted by atomic mass is 10.0. The zero-order chi connectivity index (χ0) is 23.2. The van der Waals surface area contributed by atoms with Gasteiger partial charge < -0.3 is 13.9 Å². The van der Waals surface area contributed by atoms with Crippen LogP contribution in [-0.2, 0) is 0 Å². The monoisotopic (exact) mass is 442 g/mol. The number of carbonyl (C=O) groups is 2. The van der Waals surface area contributed by atoms with Crippen LogP contribution in [0.15, 0.2) is 82.5 Å². The molecule has 3 aromatic carbocycles. The van der Waals surface area contributed by atoms with Crippen LogP contribution in [0.25, 0.3) is 10.8 Å². The molecule has 0 aliphatic rings. The second kappa shape index (κ2) is 9.82. The van der Waals surface area contributed by atoms with Gasteiger partial charge in [-0.3, -0.25) is 4.79 Å². The minimum Gasteiger partial charge on any atom is -0.490 e. The Hall–Kier alpha value is -4.39. The van der Waals surface area contributed by atoms with Crippen LogP contribution in [0.3, 0.4) is 0 Å². The standard InChI is InChI=1S/C26H22N2O5/c1-3-31-24-15-18(16-27-28-25(29)20-13-14-32-17(20)2)11-12-23(24)33-26(30)22-10-6-8-19-7-4-5-9-21(19)22/h4-16H,3H2,1-2H3,(H,28,29). The van der Waals surface area contributed by atoms with E-state index in [-0.39, 0.29) is 5.91 Å². The molecule has 0 fully saturated rings. The Morgan fingerprint density at radius 2 is 1.82 bits per heavy atom. The summed E-state index contributed by atoms with van der Waals surface area (Å²) in [4.78, 5) is 25.0. The van der Waals surface area contributed by atoms with E-state index in [1.807, 2.05) is 43.3 Å². The van der Waals surface area contributed by atoms with E-state index in [4.69, 9.17) is 13.9 Å². The molecule has 1 amide bonds. The summed E-state index contributed by atoms with van der Waals surface area (Å²) >= 11 is 0. The van der Waals surface area contributed by atoms with Gasteiger partial charge in [-0.15, -0.1) is 0 Å². The summed E-state index contributed by atoms with van der Waals surface area (Å²) in [5, 5.41) is 5.75. The molecule has 4 aromatic rings. The van der Waals surface area contributed by atoms with Gasteiger partial charge in [0.15, 0.2) is 11.5 Å². The van der Waals surface area contributed by atoms with E-state index < -0.39 is 5.97 Å². The van der Waals surface area contributed by atoms with E-state index in [1.54, 1.807) is 37.3 Å². The van der Waals surface area contributed by atoms with E-state index in [1.165, 1.54) is 12.5 Å². The van der Waals surface area contributed by atoms with Gasteiger partial charge in [-0.2, -0.15) is 5.10 Å². The van der Waals surface area contributed by atoms with Crippen LogP contribution in [0.2, 0.25) is 0 Å². The van der Waals surface area contributed by atoms with E-state index >= 15 is 0 Å². The van der Waals surface area contributed by atoms with E-state index in [2.05, 4.69) is 10.5 Å². The maximum absolute atomic E-state index is 12.9. The SMILES string of the molecule is CCOc1cc(C=NNC(=O)c2ccoc2C)ccc1OC(=O)c1cccc2ccccc12. The summed E-state index contributed by atoms with van der Waals surface area (Å²) < 4.78 is 16.5. The molecule has 0 bridgehead atoms. The lowest BCUT2D eigenvalue weighted by molar-refractivity contribution is 0.0730. The van der Waals surface area contributed by atoms with Gasteiger partial charge >= 0.3 is 5.97 Å². The quantitative estimate of drug-likeness (QED) is 0.186. The maximum atomic E-state index is 12.9. The Balaban J connectivity index is 1.51. The third kappa shape index (κ3) is 4.93. The molecular formula is C26H22N2O5. The number of amides is 1. The molecule has 0 spiro atoms. The number of nitrogens with one attached hydrogen (secondary N) is 1. The Labute approximate surface area is 190 Å². The van der Waals surface area contributed by atoms with Crippen LogP contribution in [0.4, 0.5) is 0 Å². The summed E-state index contributed by atoms with van der Waals surface area (Å²) in [7, 11) is 0. The van der Waals surface area contributed by atoms with E-state index in [0.717, 1.165) is 10.8 Å². The van der Waals surface area contributed by atoms with Gasteiger partial charge in [0.1, 0.15) is 5.76 Å². The predicted molar refractivity (Wildman–Crippen MR) is 125 cm³/mol. The fraction of sp³-hybridized carbons (Fsp3) is 0.115. The maximum Gasteiger partial charge on any atom is 0.344 e. The first-order valence-electron chi connectivity index (χ1n) is 10.4. The minimum atomic E-state index is -0.475. The van der Waals surface area contributed by atoms with Crippen molar-refractivity contribution >= 4 is 28.9 Å². The van der Waals surface area contributed by atoms with Crippen molar-refractivity contribution in [2.24, 2.45) is 5.10 Å². The Morgan fingerprint density at radius 1 is 1.00 bits per heavy atom. The molecule has 1 aromatic heterocycles. The number of hydrogen-bond donors (Lipinski definition) is 1. The number of esters is 1. The van der Waals surface area contributed by atoms with Crippen molar-refractivity contribution in [3.63, 3.8) is 0 Å². The van der Waals surface area contributed by atoms with E-state index in [9.17, 15) is 9.59 Å². The fourth-order valence-electron chi connectivity index (χ4n) is 3.36. The third-order valence-electron chi connectivity index (χ3n) is 4.96. The molecule has 0 radical (unpaired) electrons. The Bertz CT molecular complexity index is 1330. The number of hydrogen-bond acceptors (Lipinski definition) is 6. The van der Waals surface area contributed by atoms with Crippen molar-refractivity contribution in [1.82, 2.24) is 5.43 Å². The fourth-order valence-corrected chi connectivity index (χ4v) is 3.36. The number of aryl methyl sites for hydroxylation is 1. The molecule has 0 saturated carbocycles. The average Bonchev–Trinajstić information content (AvgIpc) is 3.26. The molecule has 1 heterocycles. The Kier molecular flexibility index (Phi) is 6.50. The first-order valence-corrected chi connectivity index (χ1v) is 10.4. The number of ether oxygens (including phenoxy) is 2. The lowest BCUT2D eigenvalue weighted by Gasteiger charge is -2.12. The lowest BCUT2D eigenvalue weighted by Crippen LogP contribution is -2.17. The largest absolute Gasteiger partial charge is 0.490 e. The average molecular weight is 442 g/mol. The molecule has 7 nitrogen and oxygen atoms in total. The zero-order valence-corrected chi connectivity index (χ0v) is 18.2. The number of benzene rings is 3. The first-order chi connectivity index (χ1) is 16.1. The normalized spacial score (nSPS) is 11.0. The third-order valence-corrected chi connectivity index (χ3v) is 4.96. The summed E-state index contributed by atoms with van der Waals surface area (Å²) in [6.45, 7) is 3.92. The van der Waals surface area contributed by atoms with Crippen LogP contribution in [-0.4, -0.2) is 24.7 Å². The number of fused-ring (bicyclic) bond motifs is 1. The molecule has 7 heteroatoms. The summed E-state index contributed by atoms with van der Waals surface area (Å²) in [5.41, 5.74) is 4.00. The highest BCUT2D eigenvalue weighted by atomic mass is 16.6. The Morgan fingerprint density at radius 3 is 2.61 bits per heavy atom. The smallest absolute Gasteiger partial charge is 0.344 e. The summed E-state index contributed by atoms with van der Waals surface area (Å²) in [5.74, 6) is 0.357. The number of furan rings is 1. The van der Waals surface area contributed by atoms with Crippen molar-refractivity contribution in [2.75, 3.05) is 6.61 Å². The van der Waals surface area contributed by atoms with Crippen LogP contribution in [0, 0.1) is 6.92 Å². The van der Waals surface area contributed by atoms with Gasteiger partial charge in [0.05, 0.1) is 30.2 Å². The van der Waals surface area contributed by atoms with Crippen LogP contribution < -0.4 is 14.9 Å². The molecule has 4 rings (SSSR count). The van der Waals surface area contributed by atoms with Gasteiger partial charge in [-0.1, -0.05) is 36.4 Å². The topological polar surface area (TPSA) is 90.1 Å². The molecule has 0 aliphatic carbocycles. The summed E-state index contributed by atoms with van der Waals surface area (Å²) in [6, 6.07) is 19.7. The van der Waals surface area contributed by atoms with Crippen molar-refractivity contribution in [3.05, 3.63) is 95.4 Å². The van der Waals surface area contributed by atoms with Crippen molar-refractivity contribution in [2.45, 2.75) is 13.8 Å². The van der Waals surface area contributed by atoms with Gasteiger partial charge in [-0.05, 0) is 60.5 Å². The summed E-state index contributed by atoms with van der Waals surface area (Å²) in [6.07, 6.45) is 2.92. The molecule has 166 valence electrons. The number of carbonyl (C=O) groups excluding carboxylic acids is 2. The van der Waals surface area contributed by atoms with Crippen molar-refractivity contribution < 1.29 is 23.5 Å². The molecule has 0 saturated heterocycles. The van der Waals surface area contributed by atoms with Gasteiger partial charge in [-0.25, -0.2) is 10.2 Å². The highest BCUT2D eigenvalue weighted by molar-refractivity contribution is 6.05. The van der Waals surface area contributed by atoms with Crippen LogP contribution in [0.1, 0.15) is 39.0 Å². The van der Waals surface area contributed by atoms with Crippen molar-refractivity contribution in [3.8, 4) is 11.5 Å². The zero-order valence-electron chi connectivity index (χ0n) is 18.2. The van der Waals surface area contributed by atoms with Gasteiger partial charge in [0.2, 0.25) is 0 Å². The molecule has 0 unspecified atom stereocenters. The van der Waals surface area contributed by atoms with Crippen molar-refractivity contribution in [1.29, 1.82) is 0 Å². The molecule has 0 atom stereocenters. The molecule has 1 N–H and O–H groups in total. The number of rotatable bonds is 7. The van der Waals surface area contributed by atoms with E-state index in [0.29, 0.717) is 40.6 Å². The molecular weight excluding hydrogens is 420 g/mol. The second-order valence-corrected chi connectivity index (χ2v) is 7.15. The second-order valence-electron chi connectivity index (χ2n) is 7.15. The molecule has 33 heavy (non-hydrogen) atoms. The predicted octanol–water partition coefficient (Wildman–Crippen LogP) is 5.12. The number of hydrazone groups is 1. The highest BCUT2D eigenvalue weighted by Gasteiger charge is 2.16.